The van der Waals surface area contributed by atoms with Crippen molar-refractivity contribution in [1.82, 2.24) is 0 Å². The zero-order chi connectivity index (χ0) is 16.7. The third-order valence-electron chi connectivity index (χ3n) is 3.40. The largest absolute Gasteiger partial charge is 0.283 e. The highest BCUT2D eigenvalue weighted by molar-refractivity contribution is 6.42. The minimum absolute atomic E-state index is 0.0390. The van der Waals surface area contributed by atoms with Gasteiger partial charge < -0.3 is 0 Å². The number of carbonyl (C=O) groups is 2. The summed E-state index contributed by atoms with van der Waals surface area (Å²) in [5.74, 6) is -1.59. The Morgan fingerprint density at radius 1 is 1.13 bits per heavy atom. The van der Waals surface area contributed by atoms with Crippen LogP contribution in [-0.2, 0) is 0 Å². The van der Waals surface area contributed by atoms with Gasteiger partial charge in [0, 0.05) is 6.07 Å². The Hall–Kier alpha value is -3.24. The smallest absolute Gasteiger partial charge is 0.268 e. The van der Waals surface area contributed by atoms with Gasteiger partial charge in [-0.15, -0.1) is 0 Å². The maximum absolute atomic E-state index is 12.5. The molecule has 0 spiro atoms. The molecule has 0 bridgehead atoms. The van der Waals surface area contributed by atoms with Crippen molar-refractivity contribution < 1.29 is 14.5 Å². The molecule has 1 aliphatic rings. The van der Waals surface area contributed by atoms with Gasteiger partial charge in [-0.1, -0.05) is 17.7 Å². The minimum Gasteiger partial charge on any atom is -0.268 e. The molecular formula is C15H6ClN3O4. The Labute approximate surface area is 134 Å². The number of hydrogen-bond donors (Lipinski definition) is 0. The van der Waals surface area contributed by atoms with Crippen LogP contribution in [0.2, 0.25) is 5.02 Å². The number of amides is 2. The number of anilines is 1. The molecule has 0 fully saturated rings. The molecule has 7 nitrogen and oxygen atoms in total. The van der Waals surface area contributed by atoms with Gasteiger partial charge in [-0.05, 0) is 24.3 Å². The molecule has 0 atom stereocenters. The molecule has 0 saturated heterocycles. The molecule has 2 amide bonds. The van der Waals surface area contributed by atoms with Gasteiger partial charge in [0.15, 0.2) is 0 Å². The Balaban J connectivity index is 2.22. The summed E-state index contributed by atoms with van der Waals surface area (Å²) in [5.41, 5.74) is -0.620. The van der Waals surface area contributed by atoms with Crippen molar-refractivity contribution >= 4 is 34.8 Å². The average molecular weight is 328 g/mol. The summed E-state index contributed by atoms with van der Waals surface area (Å²) in [5, 5.41) is 20.0. The maximum atomic E-state index is 12.5. The number of carbonyl (C=O) groups excluding carboxylic acids is 2. The van der Waals surface area contributed by atoms with Crippen LogP contribution in [-0.4, -0.2) is 16.7 Å². The molecular weight excluding hydrogens is 322 g/mol. The normalized spacial score (nSPS) is 13.0. The van der Waals surface area contributed by atoms with E-state index in [2.05, 4.69) is 0 Å². The fourth-order valence-corrected chi connectivity index (χ4v) is 2.65. The summed E-state index contributed by atoms with van der Waals surface area (Å²) in [6.07, 6.45) is 0. The molecule has 0 radical (unpaired) electrons. The molecule has 1 heterocycles. The summed E-state index contributed by atoms with van der Waals surface area (Å²) < 4.78 is 0. The quantitative estimate of drug-likeness (QED) is 0.479. The van der Waals surface area contributed by atoms with Crippen LogP contribution in [0.25, 0.3) is 0 Å². The highest BCUT2D eigenvalue weighted by Gasteiger charge is 2.43. The molecule has 112 valence electrons. The number of nitro groups is 1. The highest BCUT2D eigenvalue weighted by atomic mass is 35.5. The Kier molecular flexibility index (Phi) is 3.32. The lowest BCUT2D eigenvalue weighted by atomic mass is 10.1. The summed E-state index contributed by atoms with van der Waals surface area (Å²) in [6, 6.07) is 10.0. The van der Waals surface area contributed by atoms with Crippen LogP contribution in [0.3, 0.4) is 0 Å². The highest BCUT2D eigenvalue weighted by Crippen LogP contribution is 2.37. The number of benzene rings is 2. The molecule has 8 heteroatoms. The van der Waals surface area contributed by atoms with Gasteiger partial charge in [0.2, 0.25) is 0 Å². The second-order valence-electron chi connectivity index (χ2n) is 4.68. The SMILES string of the molecule is N#Cc1cccc(N2C(=O)c3c(Cl)ccc([N+](=O)[O-])c3C2=O)c1. The molecule has 1 aliphatic heterocycles. The molecule has 3 rings (SSSR count). The number of nitriles is 1. The third-order valence-corrected chi connectivity index (χ3v) is 3.71. The van der Waals surface area contributed by atoms with E-state index in [1.54, 1.807) is 0 Å². The van der Waals surface area contributed by atoms with Crippen LogP contribution in [0.15, 0.2) is 36.4 Å². The van der Waals surface area contributed by atoms with Gasteiger partial charge in [0.05, 0.1) is 32.8 Å². The lowest BCUT2D eigenvalue weighted by Crippen LogP contribution is -2.29. The topological polar surface area (TPSA) is 104 Å². The molecule has 0 unspecified atom stereocenters. The van der Waals surface area contributed by atoms with E-state index < -0.39 is 22.4 Å². The van der Waals surface area contributed by atoms with E-state index in [1.807, 2.05) is 6.07 Å². The Morgan fingerprint density at radius 3 is 2.48 bits per heavy atom. The fraction of sp³-hybridized carbons (Fsp3) is 0. The number of nitrogens with zero attached hydrogens (tertiary/aromatic N) is 3. The monoisotopic (exact) mass is 327 g/mol. The van der Waals surface area contributed by atoms with Crippen molar-refractivity contribution in [3.8, 4) is 6.07 Å². The van der Waals surface area contributed by atoms with E-state index >= 15 is 0 Å². The standard InChI is InChI=1S/C15H6ClN3O4/c16-10-4-5-11(19(22)23)13-12(10)14(20)18(15(13)21)9-3-1-2-8(6-9)7-17/h1-6H. The summed E-state index contributed by atoms with van der Waals surface area (Å²) in [4.78, 5) is 36.2. The molecule has 0 aromatic heterocycles. The number of imide groups is 1. The molecule has 0 saturated carbocycles. The Morgan fingerprint density at radius 2 is 1.83 bits per heavy atom. The number of halogens is 1. The second-order valence-corrected chi connectivity index (χ2v) is 5.09. The summed E-state index contributed by atoms with van der Waals surface area (Å²) in [7, 11) is 0. The van der Waals surface area contributed by atoms with Crippen molar-refractivity contribution in [3.05, 3.63) is 68.2 Å². The first-order valence-corrected chi connectivity index (χ1v) is 6.69. The molecule has 0 N–H and O–H groups in total. The minimum atomic E-state index is -0.839. The number of nitro benzene ring substituents is 1. The van der Waals surface area contributed by atoms with Crippen molar-refractivity contribution in [2.45, 2.75) is 0 Å². The maximum Gasteiger partial charge on any atom is 0.283 e. The van der Waals surface area contributed by atoms with Gasteiger partial charge in [-0.2, -0.15) is 5.26 Å². The van der Waals surface area contributed by atoms with Gasteiger partial charge >= 0.3 is 0 Å². The Bertz CT molecular complexity index is 933. The van der Waals surface area contributed by atoms with E-state index in [1.165, 1.54) is 30.3 Å². The predicted molar refractivity (Wildman–Crippen MR) is 80.4 cm³/mol. The van der Waals surface area contributed by atoms with Gasteiger partial charge in [0.1, 0.15) is 5.56 Å². The van der Waals surface area contributed by atoms with Gasteiger partial charge in [0.25, 0.3) is 17.5 Å². The molecule has 0 aliphatic carbocycles. The van der Waals surface area contributed by atoms with Gasteiger partial charge in [-0.25, -0.2) is 4.90 Å². The summed E-state index contributed by atoms with van der Waals surface area (Å²) >= 11 is 5.94. The molecule has 23 heavy (non-hydrogen) atoms. The van der Waals surface area contributed by atoms with E-state index in [4.69, 9.17) is 16.9 Å². The van der Waals surface area contributed by atoms with Crippen molar-refractivity contribution in [1.29, 1.82) is 5.26 Å². The van der Waals surface area contributed by atoms with E-state index in [-0.39, 0.29) is 27.4 Å². The predicted octanol–water partition coefficient (Wildman–Crippen LogP) is 2.92. The van der Waals surface area contributed by atoms with E-state index in [9.17, 15) is 19.7 Å². The summed E-state index contributed by atoms with van der Waals surface area (Å²) in [6.45, 7) is 0. The second kappa shape index (κ2) is 5.19. The van der Waals surface area contributed by atoms with E-state index in [0.717, 1.165) is 11.0 Å². The first-order valence-electron chi connectivity index (χ1n) is 6.31. The van der Waals surface area contributed by atoms with Gasteiger partial charge in [-0.3, -0.25) is 19.7 Å². The first-order chi connectivity index (χ1) is 11.0. The fourth-order valence-electron chi connectivity index (χ4n) is 2.41. The lowest BCUT2D eigenvalue weighted by molar-refractivity contribution is -0.385. The van der Waals surface area contributed by atoms with Crippen LogP contribution in [0.5, 0.6) is 0 Å². The zero-order valence-electron chi connectivity index (χ0n) is 11.3. The number of hydrogen-bond acceptors (Lipinski definition) is 5. The molecule has 2 aromatic rings. The molecule has 2 aromatic carbocycles. The van der Waals surface area contributed by atoms with Crippen LogP contribution >= 0.6 is 11.6 Å². The van der Waals surface area contributed by atoms with E-state index in [0.29, 0.717) is 0 Å². The number of fused-ring (bicyclic) bond motifs is 1. The lowest BCUT2D eigenvalue weighted by Gasteiger charge is -2.13. The van der Waals surface area contributed by atoms with Crippen molar-refractivity contribution in [3.63, 3.8) is 0 Å². The van der Waals surface area contributed by atoms with Crippen molar-refractivity contribution in [2.24, 2.45) is 0 Å². The van der Waals surface area contributed by atoms with Crippen LogP contribution in [0.1, 0.15) is 26.3 Å². The van der Waals surface area contributed by atoms with Crippen LogP contribution in [0.4, 0.5) is 11.4 Å². The van der Waals surface area contributed by atoms with Crippen LogP contribution < -0.4 is 4.90 Å². The first kappa shape index (κ1) is 14.7. The number of rotatable bonds is 2. The zero-order valence-corrected chi connectivity index (χ0v) is 12.1. The van der Waals surface area contributed by atoms with Crippen molar-refractivity contribution in [2.75, 3.05) is 4.90 Å². The van der Waals surface area contributed by atoms with Crippen LogP contribution in [0, 0.1) is 21.4 Å². The average Bonchev–Trinajstić information content (AvgIpc) is 2.80. The third kappa shape index (κ3) is 2.13.